The van der Waals surface area contributed by atoms with Crippen molar-refractivity contribution in [1.82, 2.24) is 4.90 Å². The van der Waals surface area contributed by atoms with Gasteiger partial charge in [-0.2, -0.15) is 0 Å². The van der Waals surface area contributed by atoms with Gasteiger partial charge in [-0.3, -0.25) is 4.79 Å². The molecule has 20 heavy (non-hydrogen) atoms. The van der Waals surface area contributed by atoms with Gasteiger partial charge in [0.15, 0.2) is 0 Å². The third kappa shape index (κ3) is 3.22. The Labute approximate surface area is 119 Å². The molecule has 110 valence electrons. The van der Waals surface area contributed by atoms with E-state index in [2.05, 4.69) is 0 Å². The molecule has 1 aromatic rings. The molecule has 2 N–H and O–H groups in total. The van der Waals surface area contributed by atoms with Crippen LogP contribution in [-0.4, -0.2) is 43.2 Å². The average molecular weight is 278 g/mol. The number of morpholine rings is 1. The lowest BCUT2D eigenvalue weighted by Crippen LogP contribution is -2.41. The number of hydrogen-bond acceptors (Lipinski definition) is 4. The van der Waals surface area contributed by atoms with Crippen LogP contribution in [-0.2, 0) is 4.74 Å². The van der Waals surface area contributed by atoms with E-state index in [0.717, 1.165) is 5.56 Å². The fourth-order valence-electron chi connectivity index (χ4n) is 2.23. The Hall–Kier alpha value is -1.75. The molecule has 1 heterocycles. The van der Waals surface area contributed by atoms with E-state index in [1.54, 1.807) is 17.0 Å². The van der Waals surface area contributed by atoms with Crippen molar-refractivity contribution in [2.24, 2.45) is 0 Å². The van der Waals surface area contributed by atoms with Crippen LogP contribution in [0.25, 0.3) is 0 Å². The molecule has 0 atom stereocenters. The van der Waals surface area contributed by atoms with Gasteiger partial charge in [0.1, 0.15) is 5.75 Å². The molecule has 1 aliphatic rings. The maximum atomic E-state index is 12.5. The van der Waals surface area contributed by atoms with Gasteiger partial charge in [-0.05, 0) is 38.5 Å². The van der Waals surface area contributed by atoms with Gasteiger partial charge in [-0.15, -0.1) is 0 Å². The smallest absolute Gasteiger partial charge is 0.254 e. The van der Waals surface area contributed by atoms with Crippen LogP contribution in [0, 0.1) is 6.92 Å². The number of carbonyl (C=O) groups is 1. The first-order valence-corrected chi connectivity index (χ1v) is 6.93. The first kappa shape index (κ1) is 14.7. The summed E-state index contributed by atoms with van der Waals surface area (Å²) in [5.41, 5.74) is 8.03. The summed E-state index contributed by atoms with van der Waals surface area (Å²) < 4.78 is 10.9. The summed E-state index contributed by atoms with van der Waals surface area (Å²) in [5, 5.41) is 0. The Morgan fingerprint density at radius 2 is 2.00 bits per heavy atom. The number of rotatable bonds is 3. The van der Waals surface area contributed by atoms with Crippen LogP contribution < -0.4 is 10.5 Å². The van der Waals surface area contributed by atoms with E-state index in [1.807, 2.05) is 20.8 Å². The number of anilines is 1. The van der Waals surface area contributed by atoms with Crippen molar-refractivity contribution in [2.45, 2.75) is 26.9 Å². The van der Waals surface area contributed by atoms with Crippen LogP contribution >= 0.6 is 0 Å². The highest BCUT2D eigenvalue weighted by Gasteiger charge is 2.21. The highest BCUT2D eigenvalue weighted by atomic mass is 16.5. The fraction of sp³-hybridized carbons (Fsp3) is 0.533. The van der Waals surface area contributed by atoms with Gasteiger partial charge in [0, 0.05) is 18.7 Å². The van der Waals surface area contributed by atoms with Crippen molar-refractivity contribution >= 4 is 11.6 Å². The summed E-state index contributed by atoms with van der Waals surface area (Å²) in [7, 11) is 0. The number of nitrogens with zero attached hydrogens (tertiary/aromatic N) is 1. The number of hydrogen-bond donors (Lipinski definition) is 1. The summed E-state index contributed by atoms with van der Waals surface area (Å²) >= 11 is 0. The lowest BCUT2D eigenvalue weighted by Gasteiger charge is -2.27. The van der Waals surface area contributed by atoms with E-state index in [9.17, 15) is 4.79 Å². The van der Waals surface area contributed by atoms with E-state index < -0.39 is 0 Å². The number of amides is 1. The molecule has 0 bridgehead atoms. The maximum absolute atomic E-state index is 12.5. The van der Waals surface area contributed by atoms with E-state index in [4.69, 9.17) is 15.2 Å². The quantitative estimate of drug-likeness (QED) is 0.857. The fourth-order valence-corrected chi connectivity index (χ4v) is 2.23. The van der Waals surface area contributed by atoms with Crippen molar-refractivity contribution in [3.05, 3.63) is 23.3 Å². The molecule has 0 spiro atoms. The van der Waals surface area contributed by atoms with Crippen molar-refractivity contribution in [3.8, 4) is 5.75 Å². The number of carbonyl (C=O) groups excluding carboxylic acids is 1. The minimum atomic E-state index is 0.0133. The van der Waals surface area contributed by atoms with Crippen LogP contribution in [0.3, 0.4) is 0 Å². The molecule has 5 heteroatoms. The number of nitrogen functional groups attached to an aromatic ring is 1. The minimum absolute atomic E-state index is 0.0133. The van der Waals surface area contributed by atoms with Gasteiger partial charge in [0.25, 0.3) is 5.91 Å². The molecule has 1 aromatic carbocycles. The zero-order valence-electron chi connectivity index (χ0n) is 12.3. The van der Waals surface area contributed by atoms with E-state index in [-0.39, 0.29) is 12.0 Å². The van der Waals surface area contributed by atoms with Crippen molar-refractivity contribution < 1.29 is 14.3 Å². The second-order valence-electron chi connectivity index (χ2n) is 5.28. The summed E-state index contributed by atoms with van der Waals surface area (Å²) in [4.78, 5) is 14.4. The third-order valence-corrected chi connectivity index (χ3v) is 3.25. The predicted octanol–water partition coefficient (Wildman–Crippen LogP) is 1.84. The second-order valence-corrected chi connectivity index (χ2v) is 5.28. The van der Waals surface area contributed by atoms with Gasteiger partial charge in [-0.25, -0.2) is 0 Å². The highest BCUT2D eigenvalue weighted by Crippen LogP contribution is 2.27. The standard InChI is InChI=1S/C15H22N2O3/c1-10(2)20-14-9-12(11(3)8-13(14)16)15(18)17-4-6-19-7-5-17/h8-10H,4-7,16H2,1-3H3. The molecule has 5 nitrogen and oxygen atoms in total. The van der Waals surface area contributed by atoms with Crippen LogP contribution in [0.4, 0.5) is 5.69 Å². The summed E-state index contributed by atoms with van der Waals surface area (Å²) in [5.74, 6) is 0.585. The molecular weight excluding hydrogens is 256 g/mol. The Bertz CT molecular complexity index is 494. The average Bonchev–Trinajstić information content (AvgIpc) is 2.41. The first-order valence-electron chi connectivity index (χ1n) is 6.93. The Kier molecular flexibility index (Phi) is 4.49. The molecule has 1 saturated heterocycles. The van der Waals surface area contributed by atoms with Crippen molar-refractivity contribution in [1.29, 1.82) is 0 Å². The zero-order valence-corrected chi connectivity index (χ0v) is 12.3. The summed E-state index contributed by atoms with van der Waals surface area (Å²) in [6.45, 7) is 8.20. The predicted molar refractivity (Wildman–Crippen MR) is 78.1 cm³/mol. The van der Waals surface area contributed by atoms with E-state index >= 15 is 0 Å². The minimum Gasteiger partial charge on any atom is -0.489 e. The first-order chi connectivity index (χ1) is 9.49. The van der Waals surface area contributed by atoms with E-state index in [1.165, 1.54) is 0 Å². The monoisotopic (exact) mass is 278 g/mol. The van der Waals surface area contributed by atoms with Crippen molar-refractivity contribution in [3.63, 3.8) is 0 Å². The second kappa shape index (κ2) is 6.13. The third-order valence-electron chi connectivity index (χ3n) is 3.25. The normalized spacial score (nSPS) is 15.5. The molecule has 0 unspecified atom stereocenters. The molecule has 1 fully saturated rings. The summed E-state index contributed by atoms with van der Waals surface area (Å²) in [6.07, 6.45) is 0.0198. The number of aryl methyl sites for hydroxylation is 1. The topological polar surface area (TPSA) is 64.8 Å². The molecule has 1 aliphatic heterocycles. The van der Waals surface area contributed by atoms with Gasteiger partial charge >= 0.3 is 0 Å². The van der Waals surface area contributed by atoms with Crippen LogP contribution in [0.5, 0.6) is 5.75 Å². The van der Waals surface area contributed by atoms with Gasteiger partial charge in [0.05, 0.1) is 25.0 Å². The van der Waals surface area contributed by atoms with Crippen LogP contribution in [0.15, 0.2) is 12.1 Å². The molecule has 0 saturated carbocycles. The molecule has 2 rings (SSSR count). The van der Waals surface area contributed by atoms with Crippen molar-refractivity contribution in [2.75, 3.05) is 32.0 Å². The lowest BCUT2D eigenvalue weighted by atomic mass is 10.1. The molecule has 0 aromatic heterocycles. The Morgan fingerprint density at radius 1 is 1.35 bits per heavy atom. The number of benzene rings is 1. The van der Waals surface area contributed by atoms with Crippen LogP contribution in [0.1, 0.15) is 29.8 Å². The number of nitrogens with two attached hydrogens (primary N) is 1. The Balaban J connectivity index is 2.27. The van der Waals surface area contributed by atoms with Gasteiger partial charge < -0.3 is 20.1 Å². The van der Waals surface area contributed by atoms with Crippen LogP contribution in [0.2, 0.25) is 0 Å². The van der Waals surface area contributed by atoms with Gasteiger partial charge in [0.2, 0.25) is 0 Å². The number of ether oxygens (including phenoxy) is 2. The lowest BCUT2D eigenvalue weighted by molar-refractivity contribution is 0.0302. The van der Waals surface area contributed by atoms with E-state index in [0.29, 0.717) is 43.3 Å². The SMILES string of the molecule is Cc1cc(N)c(OC(C)C)cc1C(=O)N1CCOCC1. The molecule has 0 radical (unpaired) electrons. The summed E-state index contributed by atoms with van der Waals surface area (Å²) in [6, 6.07) is 3.55. The molecular formula is C15H22N2O3. The Morgan fingerprint density at radius 3 is 2.60 bits per heavy atom. The van der Waals surface area contributed by atoms with Gasteiger partial charge in [-0.1, -0.05) is 0 Å². The zero-order chi connectivity index (χ0) is 14.7. The largest absolute Gasteiger partial charge is 0.489 e. The highest BCUT2D eigenvalue weighted by molar-refractivity contribution is 5.96. The maximum Gasteiger partial charge on any atom is 0.254 e. The molecule has 0 aliphatic carbocycles. The molecule has 1 amide bonds.